The van der Waals surface area contributed by atoms with Crippen molar-refractivity contribution in [2.24, 2.45) is 5.92 Å². The highest BCUT2D eigenvalue weighted by Crippen LogP contribution is 2.27. The molecule has 2 fully saturated rings. The van der Waals surface area contributed by atoms with Gasteiger partial charge in [0, 0.05) is 55.7 Å². The molecule has 2 amide bonds. The molecule has 41 heavy (non-hydrogen) atoms. The zero-order valence-corrected chi connectivity index (χ0v) is 23.6. The number of rotatable bonds is 4. The van der Waals surface area contributed by atoms with Gasteiger partial charge in [0.05, 0.1) is 5.52 Å². The quantitative estimate of drug-likeness (QED) is 0.379. The minimum atomic E-state index is 0.0432. The molecule has 3 aromatic carbocycles. The fourth-order valence-electron chi connectivity index (χ4n) is 6.11. The predicted octanol–water partition coefficient (Wildman–Crippen LogP) is 4.64. The fourth-order valence-corrected chi connectivity index (χ4v) is 6.11. The van der Waals surface area contributed by atoms with Crippen molar-refractivity contribution in [1.29, 1.82) is 0 Å². The molecule has 6 rings (SSSR count). The van der Waals surface area contributed by atoms with Crippen LogP contribution >= 0.6 is 0 Å². The number of H-pyrrole nitrogens is 1. The van der Waals surface area contributed by atoms with Gasteiger partial charge in [0.1, 0.15) is 5.69 Å². The van der Waals surface area contributed by atoms with Crippen molar-refractivity contribution >= 4 is 22.7 Å². The second kappa shape index (κ2) is 11.6. The first-order valence-corrected chi connectivity index (χ1v) is 14.4. The maximum atomic E-state index is 13.5. The number of aromatic nitrogens is 2. The first-order valence-electron chi connectivity index (χ1n) is 14.4. The lowest BCUT2D eigenvalue weighted by molar-refractivity contribution is -0.134. The summed E-state index contributed by atoms with van der Waals surface area (Å²) in [6.07, 6.45) is 2.74. The zero-order chi connectivity index (χ0) is 28.3. The van der Waals surface area contributed by atoms with Crippen LogP contribution in [0.15, 0.2) is 72.8 Å². The van der Waals surface area contributed by atoms with E-state index in [0.29, 0.717) is 17.3 Å². The number of benzene rings is 3. The van der Waals surface area contributed by atoms with E-state index >= 15 is 0 Å². The van der Waals surface area contributed by atoms with E-state index in [0.717, 1.165) is 73.0 Å². The van der Waals surface area contributed by atoms with E-state index in [9.17, 15) is 9.59 Å². The number of fused-ring (bicyclic) bond motifs is 1. The molecule has 2 aliphatic heterocycles. The van der Waals surface area contributed by atoms with E-state index in [2.05, 4.69) is 45.1 Å². The number of nitrogens with zero attached hydrogens (tertiary/aromatic N) is 4. The highest BCUT2D eigenvalue weighted by atomic mass is 16.2. The molecular weight excluding hydrogens is 510 g/mol. The predicted molar refractivity (Wildman–Crippen MR) is 161 cm³/mol. The van der Waals surface area contributed by atoms with Crippen LogP contribution in [0.5, 0.6) is 0 Å². The minimum Gasteiger partial charge on any atom is -0.349 e. The SMILES string of the molecule is CN(C)C(=O)C1CCN([C@@H]2CCN(C(=O)c3ccc4n[nH]c(C#Cc5ccccc5-c5ccccc5)c4c3)C2)CC1. The third kappa shape index (κ3) is 5.61. The fraction of sp³-hybridized carbons (Fsp3) is 0.324. The topological polar surface area (TPSA) is 72.5 Å². The Labute approximate surface area is 241 Å². The monoisotopic (exact) mass is 545 g/mol. The number of hydrogen-bond acceptors (Lipinski definition) is 4. The van der Waals surface area contributed by atoms with Crippen LogP contribution in [0.4, 0.5) is 0 Å². The lowest BCUT2D eigenvalue weighted by Gasteiger charge is -2.36. The standard InChI is InChI=1S/C34H35N5O2/c1-37(2)33(40)26-16-19-38(20-17-26)28-18-21-39(23-28)34(41)27-13-15-32-30(22-27)31(35-36-32)14-12-25-10-6-7-11-29(25)24-8-4-3-5-9-24/h3-11,13,15,22,26,28H,16-21,23H2,1-2H3,(H,35,36)/t28-/m1/s1. The van der Waals surface area contributed by atoms with Crippen molar-refractivity contribution in [3.8, 4) is 23.0 Å². The van der Waals surface area contributed by atoms with Crippen LogP contribution in [0.3, 0.4) is 0 Å². The van der Waals surface area contributed by atoms with Crippen molar-refractivity contribution in [2.75, 3.05) is 40.3 Å². The first kappa shape index (κ1) is 26.8. The Morgan fingerprint density at radius 3 is 2.44 bits per heavy atom. The Morgan fingerprint density at radius 1 is 0.902 bits per heavy atom. The summed E-state index contributed by atoms with van der Waals surface area (Å²) in [5.74, 6) is 6.98. The molecule has 0 saturated carbocycles. The molecule has 2 aliphatic rings. The number of hydrogen-bond donors (Lipinski definition) is 1. The molecule has 0 spiro atoms. The van der Waals surface area contributed by atoms with Gasteiger partial charge in [-0.2, -0.15) is 5.10 Å². The summed E-state index contributed by atoms with van der Waals surface area (Å²) < 4.78 is 0. The van der Waals surface area contributed by atoms with Crippen molar-refractivity contribution in [1.82, 2.24) is 24.9 Å². The summed E-state index contributed by atoms with van der Waals surface area (Å²) in [5, 5.41) is 8.34. The summed E-state index contributed by atoms with van der Waals surface area (Å²) in [5.41, 5.74) is 5.28. The molecule has 7 heteroatoms. The average molecular weight is 546 g/mol. The van der Waals surface area contributed by atoms with Crippen LogP contribution in [0.25, 0.3) is 22.0 Å². The van der Waals surface area contributed by atoms with Crippen molar-refractivity contribution in [2.45, 2.75) is 25.3 Å². The molecule has 1 N–H and O–H groups in total. The molecule has 0 bridgehead atoms. The lowest BCUT2D eigenvalue weighted by Crippen LogP contribution is -2.46. The number of carbonyl (C=O) groups is 2. The number of likely N-dealkylation sites (tertiary alicyclic amines) is 2. The third-order valence-electron chi connectivity index (χ3n) is 8.42. The number of aromatic amines is 1. The van der Waals surface area contributed by atoms with Gasteiger partial charge >= 0.3 is 0 Å². The van der Waals surface area contributed by atoms with Crippen molar-refractivity contribution in [3.05, 3.63) is 89.6 Å². The molecule has 2 saturated heterocycles. The van der Waals surface area contributed by atoms with Gasteiger partial charge in [0.15, 0.2) is 0 Å². The highest BCUT2D eigenvalue weighted by molar-refractivity contribution is 5.99. The summed E-state index contributed by atoms with van der Waals surface area (Å²) in [4.78, 5) is 32.0. The number of piperidine rings is 1. The van der Waals surface area contributed by atoms with Crippen molar-refractivity contribution < 1.29 is 9.59 Å². The van der Waals surface area contributed by atoms with Gasteiger partial charge < -0.3 is 9.80 Å². The van der Waals surface area contributed by atoms with Crippen LogP contribution in [0.2, 0.25) is 0 Å². The second-order valence-electron chi connectivity index (χ2n) is 11.2. The summed E-state index contributed by atoms with van der Waals surface area (Å²) >= 11 is 0. The van der Waals surface area contributed by atoms with E-state index in [1.54, 1.807) is 4.90 Å². The molecule has 4 aromatic rings. The minimum absolute atomic E-state index is 0.0432. The van der Waals surface area contributed by atoms with Gasteiger partial charge in [-0.05, 0) is 73.7 Å². The highest BCUT2D eigenvalue weighted by Gasteiger charge is 2.34. The van der Waals surface area contributed by atoms with E-state index in [1.807, 2.05) is 73.6 Å². The zero-order valence-electron chi connectivity index (χ0n) is 23.6. The van der Waals surface area contributed by atoms with E-state index in [4.69, 9.17) is 0 Å². The van der Waals surface area contributed by atoms with E-state index in [1.165, 1.54) is 0 Å². The van der Waals surface area contributed by atoms with Gasteiger partial charge in [-0.1, -0.05) is 54.5 Å². The Morgan fingerprint density at radius 2 is 1.66 bits per heavy atom. The number of amides is 2. The Hall–Kier alpha value is -4.41. The molecule has 1 atom stereocenters. The van der Waals surface area contributed by atoms with Crippen LogP contribution in [0, 0.1) is 17.8 Å². The third-order valence-corrected chi connectivity index (χ3v) is 8.42. The molecule has 7 nitrogen and oxygen atoms in total. The van der Waals surface area contributed by atoms with Gasteiger partial charge in [-0.15, -0.1) is 0 Å². The van der Waals surface area contributed by atoms with Crippen LogP contribution in [0.1, 0.15) is 40.9 Å². The second-order valence-corrected chi connectivity index (χ2v) is 11.2. The van der Waals surface area contributed by atoms with Crippen LogP contribution < -0.4 is 0 Å². The molecule has 0 aliphatic carbocycles. The van der Waals surface area contributed by atoms with E-state index in [-0.39, 0.29) is 17.7 Å². The Bertz CT molecular complexity index is 1620. The average Bonchev–Trinajstić information content (AvgIpc) is 3.67. The van der Waals surface area contributed by atoms with Gasteiger partial charge in [0.25, 0.3) is 5.91 Å². The largest absolute Gasteiger partial charge is 0.349 e. The Balaban J connectivity index is 1.16. The molecular formula is C34H35N5O2. The number of carbonyl (C=O) groups excluding carboxylic acids is 2. The Kier molecular flexibility index (Phi) is 7.58. The molecule has 0 unspecified atom stereocenters. The van der Waals surface area contributed by atoms with Crippen molar-refractivity contribution in [3.63, 3.8) is 0 Å². The smallest absolute Gasteiger partial charge is 0.253 e. The van der Waals surface area contributed by atoms with Crippen LogP contribution in [-0.4, -0.2) is 83.0 Å². The van der Waals surface area contributed by atoms with Gasteiger partial charge in [0.2, 0.25) is 5.91 Å². The normalized spacial score (nSPS) is 17.8. The summed E-state index contributed by atoms with van der Waals surface area (Å²) in [6.45, 7) is 3.28. The van der Waals surface area contributed by atoms with Gasteiger partial charge in [-0.25, -0.2) is 0 Å². The number of nitrogens with one attached hydrogen (secondary N) is 1. The van der Waals surface area contributed by atoms with Crippen LogP contribution in [-0.2, 0) is 4.79 Å². The summed E-state index contributed by atoms with van der Waals surface area (Å²) in [6, 6.07) is 24.4. The summed E-state index contributed by atoms with van der Waals surface area (Å²) in [7, 11) is 3.66. The molecule has 1 aromatic heterocycles. The first-order chi connectivity index (χ1) is 20.0. The molecule has 0 radical (unpaired) electrons. The molecule has 208 valence electrons. The maximum absolute atomic E-state index is 13.5. The van der Waals surface area contributed by atoms with Gasteiger partial charge in [-0.3, -0.25) is 19.6 Å². The maximum Gasteiger partial charge on any atom is 0.253 e. The molecule has 3 heterocycles. The van der Waals surface area contributed by atoms with E-state index < -0.39 is 0 Å². The lowest BCUT2D eigenvalue weighted by atomic mass is 9.94.